The second-order valence-corrected chi connectivity index (χ2v) is 7.45. The van der Waals surface area contributed by atoms with E-state index in [4.69, 9.17) is 21.1 Å². The Morgan fingerprint density at radius 3 is 2.45 bits per heavy atom. The van der Waals surface area contributed by atoms with Gasteiger partial charge in [-0.1, -0.05) is 23.7 Å². The van der Waals surface area contributed by atoms with Gasteiger partial charge in [-0.15, -0.1) is 0 Å². The summed E-state index contributed by atoms with van der Waals surface area (Å²) >= 11 is 5.98. The molecule has 0 saturated carbocycles. The molecule has 2 aromatic carbocycles. The predicted molar refractivity (Wildman–Crippen MR) is 112 cm³/mol. The molecule has 154 valence electrons. The molecule has 0 unspecified atom stereocenters. The van der Waals surface area contributed by atoms with Crippen LogP contribution >= 0.6 is 11.6 Å². The van der Waals surface area contributed by atoms with Crippen molar-refractivity contribution in [3.05, 3.63) is 58.6 Å². The van der Waals surface area contributed by atoms with Crippen LogP contribution in [0.25, 0.3) is 0 Å². The van der Waals surface area contributed by atoms with E-state index in [-0.39, 0.29) is 24.3 Å². The van der Waals surface area contributed by atoms with Gasteiger partial charge in [0, 0.05) is 29.7 Å². The van der Waals surface area contributed by atoms with Crippen molar-refractivity contribution in [2.75, 3.05) is 27.3 Å². The van der Waals surface area contributed by atoms with E-state index in [0.29, 0.717) is 35.2 Å². The smallest absolute Gasteiger partial charge is 0.253 e. The summed E-state index contributed by atoms with van der Waals surface area (Å²) in [6.07, 6.45) is 1.72. The number of ether oxygens (including phenoxy) is 2. The second kappa shape index (κ2) is 9.65. The lowest BCUT2D eigenvalue weighted by Crippen LogP contribution is -2.46. The van der Waals surface area contributed by atoms with E-state index in [0.717, 1.165) is 18.4 Å². The van der Waals surface area contributed by atoms with Crippen molar-refractivity contribution in [2.45, 2.75) is 25.3 Å². The van der Waals surface area contributed by atoms with Gasteiger partial charge < -0.3 is 19.7 Å². The summed E-state index contributed by atoms with van der Waals surface area (Å²) in [7, 11) is 3.15. The molecular formula is C22H25ClN2O4. The van der Waals surface area contributed by atoms with Crippen LogP contribution in [0.15, 0.2) is 42.5 Å². The molecule has 2 amide bonds. The van der Waals surface area contributed by atoms with Gasteiger partial charge in [-0.2, -0.15) is 0 Å². The van der Waals surface area contributed by atoms with Crippen LogP contribution < -0.4 is 14.8 Å². The van der Waals surface area contributed by atoms with Gasteiger partial charge in [-0.3, -0.25) is 9.59 Å². The van der Waals surface area contributed by atoms with E-state index in [2.05, 4.69) is 5.32 Å². The van der Waals surface area contributed by atoms with Crippen LogP contribution in [0.1, 0.15) is 28.8 Å². The van der Waals surface area contributed by atoms with E-state index in [9.17, 15) is 9.59 Å². The lowest BCUT2D eigenvalue weighted by atomic mass is 10.0. The number of carbonyl (C=O) groups excluding carboxylic acids is 2. The molecule has 1 aliphatic rings. The quantitative estimate of drug-likeness (QED) is 0.784. The minimum absolute atomic E-state index is 0.0254. The monoisotopic (exact) mass is 416 g/mol. The summed E-state index contributed by atoms with van der Waals surface area (Å²) in [5.74, 6) is 1.17. The molecule has 0 aromatic heterocycles. The third kappa shape index (κ3) is 5.41. The number of likely N-dealkylation sites (tertiary alicyclic amines) is 1. The molecule has 1 heterocycles. The number of methoxy groups -OCH3 is 2. The Balaban J connectivity index is 1.50. The normalized spacial score (nSPS) is 14.4. The molecule has 1 fully saturated rings. The fourth-order valence-electron chi connectivity index (χ4n) is 3.49. The maximum Gasteiger partial charge on any atom is 0.253 e. The van der Waals surface area contributed by atoms with E-state index in [1.165, 1.54) is 0 Å². The molecule has 0 spiro atoms. The summed E-state index contributed by atoms with van der Waals surface area (Å²) in [5.41, 5.74) is 1.45. The largest absolute Gasteiger partial charge is 0.493 e. The highest BCUT2D eigenvalue weighted by Crippen LogP contribution is 2.27. The number of hydrogen-bond acceptors (Lipinski definition) is 4. The summed E-state index contributed by atoms with van der Waals surface area (Å²) in [4.78, 5) is 26.8. The third-order valence-corrected chi connectivity index (χ3v) is 5.27. The number of piperidine rings is 1. The molecule has 7 heteroatoms. The number of amides is 2. The maximum absolute atomic E-state index is 12.6. The minimum atomic E-state index is -0.0446. The lowest BCUT2D eigenvalue weighted by Gasteiger charge is -2.32. The van der Waals surface area contributed by atoms with E-state index in [1.807, 2.05) is 17.0 Å². The summed E-state index contributed by atoms with van der Waals surface area (Å²) in [6, 6.07) is 12.5. The SMILES string of the molecule is COc1ccc(CC(=O)NC2CCN(C(=O)c3cccc(Cl)c3)CC2)cc1OC. The Morgan fingerprint density at radius 2 is 1.79 bits per heavy atom. The molecule has 0 bridgehead atoms. The lowest BCUT2D eigenvalue weighted by molar-refractivity contribution is -0.121. The van der Waals surface area contributed by atoms with E-state index < -0.39 is 0 Å². The molecule has 0 atom stereocenters. The Morgan fingerprint density at radius 1 is 1.07 bits per heavy atom. The van der Waals surface area contributed by atoms with Crippen LogP contribution in [0.5, 0.6) is 11.5 Å². The number of rotatable bonds is 6. The molecule has 1 N–H and O–H groups in total. The van der Waals surface area contributed by atoms with Gasteiger partial charge in [-0.25, -0.2) is 0 Å². The maximum atomic E-state index is 12.6. The topological polar surface area (TPSA) is 67.9 Å². The number of benzene rings is 2. The van der Waals surface area contributed by atoms with Crippen LogP contribution in [0, 0.1) is 0 Å². The molecule has 0 radical (unpaired) electrons. The molecule has 3 rings (SSSR count). The molecule has 1 saturated heterocycles. The third-order valence-electron chi connectivity index (χ3n) is 5.03. The first-order valence-electron chi connectivity index (χ1n) is 9.55. The van der Waals surface area contributed by atoms with Crippen LogP contribution in [0.4, 0.5) is 0 Å². The van der Waals surface area contributed by atoms with Gasteiger partial charge in [0.1, 0.15) is 0 Å². The summed E-state index contributed by atoms with van der Waals surface area (Å²) in [6.45, 7) is 1.21. The van der Waals surface area contributed by atoms with E-state index >= 15 is 0 Å². The highest BCUT2D eigenvalue weighted by atomic mass is 35.5. The molecule has 6 nitrogen and oxygen atoms in total. The van der Waals surface area contributed by atoms with Gasteiger partial charge in [-0.05, 0) is 48.7 Å². The van der Waals surface area contributed by atoms with Gasteiger partial charge >= 0.3 is 0 Å². The highest BCUT2D eigenvalue weighted by molar-refractivity contribution is 6.30. The van der Waals surface area contributed by atoms with Gasteiger partial charge in [0.25, 0.3) is 5.91 Å². The van der Waals surface area contributed by atoms with Crippen molar-refractivity contribution < 1.29 is 19.1 Å². The number of nitrogens with zero attached hydrogens (tertiary/aromatic N) is 1. The average Bonchev–Trinajstić information content (AvgIpc) is 2.73. The Labute approximate surface area is 175 Å². The average molecular weight is 417 g/mol. The van der Waals surface area contributed by atoms with Gasteiger partial charge in [0.15, 0.2) is 11.5 Å². The van der Waals surface area contributed by atoms with E-state index in [1.54, 1.807) is 44.6 Å². The zero-order valence-corrected chi connectivity index (χ0v) is 17.4. The first kappa shape index (κ1) is 21.0. The number of hydrogen-bond donors (Lipinski definition) is 1. The van der Waals surface area contributed by atoms with Crippen LogP contribution in [-0.4, -0.2) is 50.1 Å². The number of halogens is 1. The van der Waals surface area contributed by atoms with Crippen molar-refractivity contribution in [1.29, 1.82) is 0 Å². The van der Waals surface area contributed by atoms with Crippen molar-refractivity contribution in [2.24, 2.45) is 0 Å². The van der Waals surface area contributed by atoms with Gasteiger partial charge in [0.05, 0.1) is 20.6 Å². The standard InChI is InChI=1S/C22H25ClN2O4/c1-28-19-7-6-15(12-20(19)29-2)13-21(26)24-18-8-10-25(11-9-18)22(27)16-4-3-5-17(23)14-16/h3-7,12,14,18H,8-11,13H2,1-2H3,(H,24,26). The summed E-state index contributed by atoms with van der Waals surface area (Å²) in [5, 5.41) is 3.62. The molecule has 29 heavy (non-hydrogen) atoms. The van der Waals surface area contributed by atoms with Crippen molar-refractivity contribution in [3.8, 4) is 11.5 Å². The number of carbonyl (C=O) groups is 2. The fourth-order valence-corrected chi connectivity index (χ4v) is 3.68. The zero-order valence-electron chi connectivity index (χ0n) is 16.6. The molecule has 2 aromatic rings. The Bertz CT molecular complexity index is 879. The van der Waals surface area contributed by atoms with Crippen LogP contribution in [0.2, 0.25) is 5.02 Å². The van der Waals surface area contributed by atoms with Crippen molar-refractivity contribution >= 4 is 23.4 Å². The zero-order chi connectivity index (χ0) is 20.8. The molecule has 0 aliphatic carbocycles. The minimum Gasteiger partial charge on any atom is -0.493 e. The second-order valence-electron chi connectivity index (χ2n) is 7.01. The number of nitrogens with one attached hydrogen (secondary N) is 1. The van der Waals surface area contributed by atoms with Crippen LogP contribution in [-0.2, 0) is 11.2 Å². The van der Waals surface area contributed by atoms with Crippen molar-refractivity contribution in [3.63, 3.8) is 0 Å². The fraction of sp³-hybridized carbons (Fsp3) is 0.364. The predicted octanol–water partition coefficient (Wildman–Crippen LogP) is 3.32. The summed E-state index contributed by atoms with van der Waals surface area (Å²) < 4.78 is 10.5. The van der Waals surface area contributed by atoms with Crippen molar-refractivity contribution in [1.82, 2.24) is 10.2 Å². The molecular weight excluding hydrogens is 392 g/mol. The Kier molecular flexibility index (Phi) is 6.99. The molecule has 1 aliphatic heterocycles. The first-order valence-corrected chi connectivity index (χ1v) is 9.93. The Hall–Kier alpha value is -2.73. The van der Waals surface area contributed by atoms with Gasteiger partial charge in [0.2, 0.25) is 5.91 Å². The van der Waals surface area contributed by atoms with Crippen LogP contribution in [0.3, 0.4) is 0 Å². The highest BCUT2D eigenvalue weighted by Gasteiger charge is 2.24. The first-order chi connectivity index (χ1) is 14.0.